The van der Waals surface area contributed by atoms with Gasteiger partial charge in [-0.05, 0) is 6.42 Å². The van der Waals surface area contributed by atoms with Gasteiger partial charge in [-0.3, -0.25) is 4.79 Å². The Morgan fingerprint density at radius 3 is 2.91 bits per heavy atom. The zero-order chi connectivity index (χ0) is 16.1. The van der Waals surface area contributed by atoms with Crippen LogP contribution in [0.3, 0.4) is 0 Å². The molecule has 3 rings (SSSR count). The molecule has 0 radical (unpaired) electrons. The minimum Gasteiger partial charge on any atom is -0.370 e. The molecule has 3 heterocycles. The normalized spacial score (nSPS) is 35.1. The van der Waals surface area contributed by atoms with Gasteiger partial charge in [-0.2, -0.15) is 0 Å². The van der Waals surface area contributed by atoms with Crippen molar-refractivity contribution in [3.05, 3.63) is 0 Å². The molecular formula is C12H21N7O3. The first-order valence-corrected chi connectivity index (χ1v) is 7.19. The number of amides is 1. The van der Waals surface area contributed by atoms with Gasteiger partial charge >= 0.3 is 0 Å². The molecule has 0 bridgehead atoms. The molecule has 3 aliphatic rings. The van der Waals surface area contributed by atoms with Crippen molar-refractivity contribution in [1.29, 1.82) is 0 Å². The van der Waals surface area contributed by atoms with Gasteiger partial charge < -0.3 is 37.2 Å². The van der Waals surface area contributed by atoms with Crippen LogP contribution < -0.4 is 22.1 Å². The molecule has 0 aliphatic carbocycles. The van der Waals surface area contributed by atoms with Crippen LogP contribution in [0.25, 0.3) is 0 Å². The van der Waals surface area contributed by atoms with E-state index in [-0.39, 0.29) is 30.7 Å². The number of nitrogens with two attached hydrogens (primary N) is 2. The van der Waals surface area contributed by atoms with Crippen LogP contribution in [0.5, 0.6) is 0 Å². The third-order valence-electron chi connectivity index (χ3n) is 4.63. The number of carbonyl (C=O) groups is 1. The molecule has 0 aromatic carbocycles. The summed E-state index contributed by atoms with van der Waals surface area (Å²) in [4.78, 5) is 21.7. The van der Waals surface area contributed by atoms with Crippen molar-refractivity contribution < 1.29 is 15.0 Å². The molecule has 0 saturated carbocycles. The minimum absolute atomic E-state index is 0.0949. The van der Waals surface area contributed by atoms with E-state index in [0.717, 1.165) is 0 Å². The lowest BCUT2D eigenvalue weighted by molar-refractivity contribution is -0.221. The molecule has 3 atom stereocenters. The monoisotopic (exact) mass is 311 g/mol. The average molecular weight is 311 g/mol. The molecular weight excluding hydrogens is 290 g/mol. The number of carbonyl (C=O) groups excluding carboxylic acids is 1. The van der Waals surface area contributed by atoms with E-state index in [1.807, 2.05) is 0 Å². The smallest absolute Gasteiger partial charge is 0.219 e. The Morgan fingerprint density at radius 1 is 1.50 bits per heavy atom. The number of guanidine groups is 2. The van der Waals surface area contributed by atoms with E-state index < -0.39 is 23.5 Å². The number of nitrogens with one attached hydrogen (secondary N) is 2. The number of aliphatic imine (C=N–C) groups is 2. The summed E-state index contributed by atoms with van der Waals surface area (Å²) in [5.74, 6) is -1.87. The molecule has 10 heteroatoms. The van der Waals surface area contributed by atoms with E-state index in [0.29, 0.717) is 13.0 Å². The summed E-state index contributed by atoms with van der Waals surface area (Å²) >= 11 is 0. The average Bonchev–Trinajstić information content (AvgIpc) is 2.94. The van der Waals surface area contributed by atoms with Gasteiger partial charge in [0, 0.05) is 26.4 Å². The Balaban J connectivity index is 1.95. The first kappa shape index (κ1) is 14.9. The van der Waals surface area contributed by atoms with Gasteiger partial charge in [0.1, 0.15) is 6.04 Å². The van der Waals surface area contributed by atoms with E-state index in [1.54, 1.807) is 11.9 Å². The van der Waals surface area contributed by atoms with Crippen LogP contribution >= 0.6 is 0 Å². The van der Waals surface area contributed by atoms with Gasteiger partial charge in [-0.25, -0.2) is 9.98 Å². The quantitative estimate of drug-likeness (QED) is 0.296. The largest absolute Gasteiger partial charge is 0.370 e. The first-order valence-electron chi connectivity index (χ1n) is 7.19. The molecule has 22 heavy (non-hydrogen) atoms. The third kappa shape index (κ3) is 1.83. The molecule has 1 fully saturated rings. The Labute approximate surface area is 127 Å². The number of hydrogen-bond acceptors (Lipinski definition) is 9. The second kappa shape index (κ2) is 4.71. The van der Waals surface area contributed by atoms with Crippen LogP contribution in [0.4, 0.5) is 0 Å². The minimum atomic E-state index is -2.05. The van der Waals surface area contributed by atoms with Gasteiger partial charge in [-0.1, -0.05) is 0 Å². The van der Waals surface area contributed by atoms with Crippen molar-refractivity contribution in [3.63, 3.8) is 0 Å². The second-order valence-corrected chi connectivity index (χ2v) is 5.84. The summed E-state index contributed by atoms with van der Waals surface area (Å²) in [6, 6.07) is -1.08. The van der Waals surface area contributed by atoms with Crippen LogP contribution in [0.15, 0.2) is 9.98 Å². The zero-order valence-corrected chi connectivity index (χ0v) is 12.3. The Hall–Kier alpha value is -2.07. The summed E-state index contributed by atoms with van der Waals surface area (Å²) in [6.45, 7) is 0.330. The molecule has 3 aliphatic heterocycles. The van der Waals surface area contributed by atoms with E-state index in [1.165, 1.54) is 0 Å². The summed E-state index contributed by atoms with van der Waals surface area (Å²) in [6.07, 6.45) is 0.719. The van der Waals surface area contributed by atoms with E-state index in [2.05, 4.69) is 20.6 Å². The highest BCUT2D eigenvalue weighted by Gasteiger charge is 2.69. The van der Waals surface area contributed by atoms with Crippen molar-refractivity contribution in [3.8, 4) is 0 Å². The lowest BCUT2D eigenvalue weighted by atomic mass is 9.85. The van der Waals surface area contributed by atoms with E-state index in [4.69, 9.17) is 11.5 Å². The van der Waals surface area contributed by atoms with Gasteiger partial charge in [0.25, 0.3) is 0 Å². The molecule has 10 nitrogen and oxygen atoms in total. The standard InChI is InChI=1S/C12H21N7O3/c1-15-7(20)3-2-6-8-12(18-9(13)17-8)11(21,22)4-5-19(12)10(14)16-6/h6,8,21-22H,2-5H2,1H3,(H2,14,16)(H,15,20)(H3,13,17,18). The first-order chi connectivity index (χ1) is 10.3. The summed E-state index contributed by atoms with van der Waals surface area (Å²) in [7, 11) is 1.56. The van der Waals surface area contributed by atoms with Gasteiger partial charge in [-0.15, -0.1) is 0 Å². The molecule has 1 amide bonds. The fourth-order valence-corrected chi connectivity index (χ4v) is 3.56. The predicted octanol–water partition coefficient (Wildman–Crippen LogP) is -3.42. The predicted molar refractivity (Wildman–Crippen MR) is 78.5 cm³/mol. The van der Waals surface area contributed by atoms with Crippen LogP contribution in [0.1, 0.15) is 19.3 Å². The molecule has 0 aromatic rings. The summed E-state index contributed by atoms with van der Waals surface area (Å²) in [5, 5.41) is 26.3. The highest BCUT2D eigenvalue weighted by Crippen LogP contribution is 2.45. The molecule has 8 N–H and O–H groups in total. The number of hydrogen-bond donors (Lipinski definition) is 6. The molecule has 0 aromatic heterocycles. The van der Waals surface area contributed by atoms with E-state index in [9.17, 15) is 15.0 Å². The number of rotatable bonds is 3. The van der Waals surface area contributed by atoms with Crippen molar-refractivity contribution in [2.45, 2.75) is 42.8 Å². The highest BCUT2D eigenvalue weighted by atomic mass is 16.5. The van der Waals surface area contributed by atoms with Crippen LogP contribution in [-0.2, 0) is 4.79 Å². The SMILES string of the molecule is CNC(=O)CCC1N=C(N)N2CCC(O)(O)C23NC(N)=NC13. The number of nitrogens with zero attached hydrogens (tertiary/aromatic N) is 3. The highest BCUT2D eigenvalue weighted by molar-refractivity contribution is 5.87. The maximum absolute atomic E-state index is 11.5. The molecule has 122 valence electrons. The van der Waals surface area contributed by atoms with Gasteiger partial charge in [0.15, 0.2) is 17.6 Å². The Morgan fingerprint density at radius 2 is 2.23 bits per heavy atom. The van der Waals surface area contributed by atoms with Crippen molar-refractivity contribution in [2.75, 3.05) is 13.6 Å². The van der Waals surface area contributed by atoms with Gasteiger partial charge in [0.2, 0.25) is 11.7 Å². The zero-order valence-electron chi connectivity index (χ0n) is 12.3. The fourth-order valence-electron chi connectivity index (χ4n) is 3.56. The Kier molecular flexibility index (Phi) is 3.18. The van der Waals surface area contributed by atoms with Crippen LogP contribution in [0, 0.1) is 0 Å². The van der Waals surface area contributed by atoms with Crippen molar-refractivity contribution >= 4 is 17.8 Å². The van der Waals surface area contributed by atoms with Crippen LogP contribution in [-0.4, -0.2) is 70.1 Å². The summed E-state index contributed by atoms with van der Waals surface area (Å²) in [5.41, 5.74) is 10.4. The lowest BCUT2D eigenvalue weighted by Crippen LogP contribution is -2.76. The maximum atomic E-state index is 11.5. The van der Waals surface area contributed by atoms with Crippen molar-refractivity contribution in [1.82, 2.24) is 15.5 Å². The Bertz CT molecular complexity index is 561. The summed E-state index contributed by atoms with van der Waals surface area (Å²) < 4.78 is 0. The molecule has 3 unspecified atom stereocenters. The maximum Gasteiger partial charge on any atom is 0.219 e. The lowest BCUT2D eigenvalue weighted by Gasteiger charge is -2.48. The molecule has 1 spiro atoms. The van der Waals surface area contributed by atoms with E-state index >= 15 is 0 Å². The number of aliphatic hydroxyl groups is 2. The third-order valence-corrected chi connectivity index (χ3v) is 4.63. The van der Waals surface area contributed by atoms with Crippen molar-refractivity contribution in [2.24, 2.45) is 21.5 Å². The topological polar surface area (TPSA) is 162 Å². The molecule has 1 saturated heterocycles. The second-order valence-electron chi connectivity index (χ2n) is 5.84. The van der Waals surface area contributed by atoms with Crippen LogP contribution in [0.2, 0.25) is 0 Å². The van der Waals surface area contributed by atoms with Gasteiger partial charge in [0.05, 0.1) is 6.04 Å². The fraction of sp³-hybridized carbons (Fsp3) is 0.750.